The molecule has 0 heterocycles. The summed E-state index contributed by atoms with van der Waals surface area (Å²) in [4.78, 5) is 11.0. The maximum atomic E-state index is 11.0. The van der Waals surface area contributed by atoms with Crippen LogP contribution in [0.25, 0.3) is 0 Å². The highest BCUT2D eigenvalue weighted by atomic mass is 16.4. The van der Waals surface area contributed by atoms with Gasteiger partial charge in [-0.1, -0.05) is 32.0 Å². The predicted octanol–water partition coefficient (Wildman–Crippen LogP) is 1.76. The van der Waals surface area contributed by atoms with Gasteiger partial charge in [-0.2, -0.15) is 5.26 Å². The number of carboxylic acid groups (broad SMARTS) is 1. The smallest absolute Gasteiger partial charge is 0.320 e. The lowest BCUT2D eigenvalue weighted by Gasteiger charge is -2.18. The molecule has 1 aromatic carbocycles. The van der Waals surface area contributed by atoms with Crippen LogP contribution in [0, 0.1) is 17.2 Å². The van der Waals surface area contributed by atoms with Crippen LogP contribution in [0.2, 0.25) is 0 Å². The summed E-state index contributed by atoms with van der Waals surface area (Å²) >= 11 is 0. The number of carboxylic acids is 1. The van der Waals surface area contributed by atoms with E-state index in [2.05, 4.69) is 11.4 Å². The van der Waals surface area contributed by atoms with Crippen molar-refractivity contribution in [2.75, 3.05) is 0 Å². The Labute approximate surface area is 101 Å². The molecule has 1 rings (SSSR count). The molecule has 0 radical (unpaired) electrons. The first-order valence-corrected chi connectivity index (χ1v) is 5.50. The Morgan fingerprint density at radius 3 is 2.65 bits per heavy atom. The second-order valence-corrected chi connectivity index (χ2v) is 4.21. The summed E-state index contributed by atoms with van der Waals surface area (Å²) < 4.78 is 0. The molecule has 0 spiro atoms. The Bertz CT molecular complexity index is 435. The zero-order chi connectivity index (χ0) is 12.8. The quantitative estimate of drug-likeness (QED) is 0.811. The van der Waals surface area contributed by atoms with Crippen molar-refractivity contribution in [1.29, 1.82) is 5.26 Å². The summed E-state index contributed by atoms with van der Waals surface area (Å²) in [5, 5.41) is 20.9. The highest BCUT2D eigenvalue weighted by Gasteiger charge is 2.20. The van der Waals surface area contributed by atoms with E-state index in [9.17, 15) is 4.79 Å². The SMILES string of the molecule is CC(C)C(NCc1ccccc1C#N)C(=O)O. The summed E-state index contributed by atoms with van der Waals surface area (Å²) in [6, 6.07) is 8.67. The molecule has 1 atom stereocenters. The Balaban J connectivity index is 2.73. The van der Waals surface area contributed by atoms with Crippen LogP contribution in [0.1, 0.15) is 25.0 Å². The van der Waals surface area contributed by atoms with E-state index in [4.69, 9.17) is 10.4 Å². The van der Waals surface area contributed by atoms with Crippen molar-refractivity contribution in [3.63, 3.8) is 0 Å². The zero-order valence-corrected chi connectivity index (χ0v) is 9.97. The summed E-state index contributed by atoms with van der Waals surface area (Å²) in [6.07, 6.45) is 0. The highest BCUT2D eigenvalue weighted by molar-refractivity contribution is 5.73. The van der Waals surface area contributed by atoms with E-state index >= 15 is 0 Å². The summed E-state index contributed by atoms with van der Waals surface area (Å²) in [6.45, 7) is 4.09. The van der Waals surface area contributed by atoms with Gasteiger partial charge < -0.3 is 10.4 Å². The molecule has 4 heteroatoms. The number of carbonyl (C=O) groups is 1. The molecule has 1 unspecified atom stereocenters. The van der Waals surface area contributed by atoms with Crippen LogP contribution < -0.4 is 5.32 Å². The van der Waals surface area contributed by atoms with Crippen LogP contribution in [0.15, 0.2) is 24.3 Å². The average Bonchev–Trinajstić information content (AvgIpc) is 2.29. The maximum Gasteiger partial charge on any atom is 0.320 e. The second kappa shape index (κ2) is 6.02. The van der Waals surface area contributed by atoms with E-state index in [-0.39, 0.29) is 5.92 Å². The largest absolute Gasteiger partial charge is 0.480 e. The van der Waals surface area contributed by atoms with Gasteiger partial charge in [-0.15, -0.1) is 0 Å². The molecule has 0 amide bonds. The third kappa shape index (κ3) is 3.58. The first kappa shape index (κ1) is 13.2. The summed E-state index contributed by atoms with van der Waals surface area (Å²) in [5.74, 6) is -0.865. The van der Waals surface area contributed by atoms with Crippen LogP contribution in [0.3, 0.4) is 0 Å². The van der Waals surface area contributed by atoms with Crippen molar-refractivity contribution in [2.45, 2.75) is 26.4 Å². The normalized spacial score (nSPS) is 12.1. The third-order valence-corrected chi connectivity index (χ3v) is 2.58. The van der Waals surface area contributed by atoms with Crippen LogP contribution in [0.4, 0.5) is 0 Å². The highest BCUT2D eigenvalue weighted by Crippen LogP contribution is 2.09. The number of aliphatic carboxylic acids is 1. The molecule has 17 heavy (non-hydrogen) atoms. The molecule has 0 saturated carbocycles. The molecule has 1 aromatic rings. The standard InChI is InChI=1S/C13H16N2O2/c1-9(2)12(13(16)17)15-8-11-6-4-3-5-10(11)7-14/h3-6,9,12,15H,8H2,1-2H3,(H,16,17). The topological polar surface area (TPSA) is 73.1 Å². The van der Waals surface area contributed by atoms with Gasteiger partial charge in [0.25, 0.3) is 0 Å². The Hall–Kier alpha value is -1.86. The molecule has 0 aromatic heterocycles. The van der Waals surface area contributed by atoms with Crippen LogP contribution in [-0.2, 0) is 11.3 Å². The predicted molar refractivity (Wildman–Crippen MR) is 64.3 cm³/mol. The molecule has 0 fully saturated rings. The average molecular weight is 232 g/mol. The molecule has 4 nitrogen and oxygen atoms in total. The number of rotatable bonds is 5. The molecule has 0 bridgehead atoms. The fraction of sp³-hybridized carbons (Fsp3) is 0.385. The lowest BCUT2D eigenvalue weighted by molar-refractivity contribution is -0.140. The number of hydrogen-bond donors (Lipinski definition) is 2. The van der Waals surface area contributed by atoms with Gasteiger partial charge in [-0.05, 0) is 17.5 Å². The van der Waals surface area contributed by atoms with Gasteiger partial charge in [-0.25, -0.2) is 0 Å². The fourth-order valence-electron chi connectivity index (χ4n) is 1.61. The molecule has 0 aliphatic rings. The minimum Gasteiger partial charge on any atom is -0.480 e. The number of nitrogens with zero attached hydrogens (tertiary/aromatic N) is 1. The van der Waals surface area contributed by atoms with Crippen LogP contribution >= 0.6 is 0 Å². The monoisotopic (exact) mass is 232 g/mol. The van der Waals surface area contributed by atoms with Gasteiger partial charge in [0, 0.05) is 6.54 Å². The number of nitrogens with one attached hydrogen (secondary N) is 1. The lowest BCUT2D eigenvalue weighted by atomic mass is 10.0. The molecule has 90 valence electrons. The Morgan fingerprint density at radius 2 is 2.12 bits per heavy atom. The maximum absolute atomic E-state index is 11.0. The second-order valence-electron chi connectivity index (χ2n) is 4.21. The Morgan fingerprint density at radius 1 is 1.47 bits per heavy atom. The number of nitriles is 1. The van der Waals surface area contributed by atoms with Gasteiger partial charge in [0.2, 0.25) is 0 Å². The van der Waals surface area contributed by atoms with E-state index in [0.717, 1.165) is 5.56 Å². The minimum atomic E-state index is -0.866. The number of hydrogen-bond acceptors (Lipinski definition) is 3. The minimum absolute atomic E-state index is 0.00162. The van der Waals surface area contributed by atoms with Crippen molar-refractivity contribution in [3.8, 4) is 6.07 Å². The molecule has 0 saturated heterocycles. The van der Waals surface area contributed by atoms with E-state index < -0.39 is 12.0 Å². The van der Waals surface area contributed by atoms with Crippen molar-refractivity contribution >= 4 is 5.97 Å². The third-order valence-electron chi connectivity index (χ3n) is 2.58. The van der Waals surface area contributed by atoms with E-state index in [1.807, 2.05) is 26.0 Å². The van der Waals surface area contributed by atoms with Crippen molar-refractivity contribution in [2.24, 2.45) is 5.92 Å². The first-order valence-electron chi connectivity index (χ1n) is 5.50. The van der Waals surface area contributed by atoms with Crippen molar-refractivity contribution < 1.29 is 9.90 Å². The van der Waals surface area contributed by atoms with E-state index in [1.54, 1.807) is 12.1 Å². The van der Waals surface area contributed by atoms with Gasteiger partial charge in [0.15, 0.2) is 0 Å². The van der Waals surface area contributed by atoms with E-state index in [0.29, 0.717) is 12.1 Å². The molecule has 0 aliphatic carbocycles. The summed E-state index contributed by atoms with van der Waals surface area (Å²) in [7, 11) is 0. The van der Waals surface area contributed by atoms with Gasteiger partial charge in [0.05, 0.1) is 11.6 Å². The van der Waals surface area contributed by atoms with Crippen molar-refractivity contribution in [3.05, 3.63) is 35.4 Å². The van der Waals surface area contributed by atoms with Gasteiger partial charge in [-0.3, -0.25) is 4.79 Å². The summed E-state index contributed by atoms with van der Waals surface area (Å²) in [5.41, 5.74) is 1.40. The molecule has 2 N–H and O–H groups in total. The number of benzene rings is 1. The first-order chi connectivity index (χ1) is 8.06. The van der Waals surface area contributed by atoms with Crippen LogP contribution in [0.5, 0.6) is 0 Å². The Kier molecular flexibility index (Phi) is 4.68. The van der Waals surface area contributed by atoms with E-state index in [1.165, 1.54) is 0 Å². The van der Waals surface area contributed by atoms with Gasteiger partial charge >= 0.3 is 5.97 Å². The lowest BCUT2D eigenvalue weighted by Crippen LogP contribution is -2.40. The molecular weight excluding hydrogens is 216 g/mol. The zero-order valence-electron chi connectivity index (χ0n) is 9.97. The van der Waals surface area contributed by atoms with Crippen molar-refractivity contribution in [1.82, 2.24) is 5.32 Å². The fourth-order valence-corrected chi connectivity index (χ4v) is 1.61. The van der Waals surface area contributed by atoms with Crippen LogP contribution in [-0.4, -0.2) is 17.1 Å². The molecule has 0 aliphatic heterocycles. The van der Waals surface area contributed by atoms with Gasteiger partial charge in [0.1, 0.15) is 6.04 Å². The molecular formula is C13H16N2O2.